The maximum Gasteiger partial charge on any atom is 0.146 e. The van der Waals surface area contributed by atoms with E-state index >= 15 is 0 Å². The van der Waals surface area contributed by atoms with Gasteiger partial charge < -0.3 is 4.74 Å². The Balaban J connectivity index is 2.20. The van der Waals surface area contributed by atoms with E-state index in [1.165, 1.54) is 5.56 Å². The van der Waals surface area contributed by atoms with Gasteiger partial charge in [0.05, 0.1) is 16.7 Å². The van der Waals surface area contributed by atoms with E-state index in [9.17, 15) is 0 Å². The minimum atomic E-state index is 0.439. The highest BCUT2D eigenvalue weighted by atomic mass is 35.5. The number of rotatable bonds is 3. The number of ether oxygens (including phenoxy) is 1. The number of nitrogens with zero attached hydrogens (tertiary/aromatic N) is 1. The van der Waals surface area contributed by atoms with Gasteiger partial charge in [-0.25, -0.2) is 0 Å². The number of benzene rings is 2. The molecule has 2 aromatic rings. The standard InChI is InChI=1S/C15H12ClNO/c1-2-11-3-6-13(7-4-11)18-15-8-5-12(10-17)9-14(15)16/h3-9H,2H2,1H3. The van der Waals surface area contributed by atoms with E-state index in [1.807, 2.05) is 30.3 Å². The molecule has 0 aliphatic heterocycles. The van der Waals surface area contributed by atoms with Crippen LogP contribution in [-0.4, -0.2) is 0 Å². The molecule has 2 aromatic carbocycles. The number of hydrogen-bond acceptors (Lipinski definition) is 2. The molecule has 0 unspecified atom stereocenters. The number of hydrogen-bond donors (Lipinski definition) is 0. The number of halogens is 1. The van der Waals surface area contributed by atoms with Gasteiger partial charge in [0.1, 0.15) is 11.5 Å². The van der Waals surface area contributed by atoms with Crippen molar-refractivity contribution in [3.05, 3.63) is 58.6 Å². The topological polar surface area (TPSA) is 33.0 Å². The van der Waals surface area contributed by atoms with Crippen LogP contribution in [0.2, 0.25) is 5.02 Å². The Hall–Kier alpha value is -1.98. The van der Waals surface area contributed by atoms with E-state index in [-0.39, 0.29) is 0 Å². The van der Waals surface area contributed by atoms with Gasteiger partial charge in [0, 0.05) is 0 Å². The second-order valence-corrected chi connectivity index (χ2v) is 4.26. The second-order valence-electron chi connectivity index (χ2n) is 3.86. The monoisotopic (exact) mass is 257 g/mol. The third-order valence-corrected chi connectivity index (χ3v) is 2.92. The van der Waals surface area contributed by atoms with Gasteiger partial charge in [-0.1, -0.05) is 30.7 Å². The Morgan fingerprint density at radius 1 is 1.17 bits per heavy atom. The van der Waals surface area contributed by atoms with Crippen LogP contribution in [0.25, 0.3) is 0 Å². The van der Waals surface area contributed by atoms with Gasteiger partial charge in [0.2, 0.25) is 0 Å². The van der Waals surface area contributed by atoms with Crippen molar-refractivity contribution in [3.63, 3.8) is 0 Å². The Morgan fingerprint density at radius 3 is 2.44 bits per heavy atom. The lowest BCUT2D eigenvalue weighted by Crippen LogP contribution is -1.87. The van der Waals surface area contributed by atoms with E-state index < -0.39 is 0 Å². The Morgan fingerprint density at radius 2 is 1.89 bits per heavy atom. The molecule has 0 saturated carbocycles. The third-order valence-electron chi connectivity index (χ3n) is 2.62. The molecule has 0 heterocycles. The maximum atomic E-state index is 8.75. The molecule has 0 radical (unpaired) electrons. The molecule has 18 heavy (non-hydrogen) atoms. The summed E-state index contributed by atoms with van der Waals surface area (Å²) in [4.78, 5) is 0. The van der Waals surface area contributed by atoms with Crippen LogP contribution < -0.4 is 4.74 Å². The average Bonchev–Trinajstić information content (AvgIpc) is 2.42. The SMILES string of the molecule is CCc1ccc(Oc2ccc(C#N)cc2Cl)cc1. The van der Waals surface area contributed by atoms with E-state index in [0.717, 1.165) is 12.2 Å². The van der Waals surface area contributed by atoms with E-state index in [1.54, 1.807) is 18.2 Å². The van der Waals surface area contributed by atoms with Crippen molar-refractivity contribution in [2.45, 2.75) is 13.3 Å². The minimum absolute atomic E-state index is 0.439. The van der Waals surface area contributed by atoms with Crippen LogP contribution in [-0.2, 0) is 6.42 Å². The van der Waals surface area contributed by atoms with Gasteiger partial charge in [0.25, 0.3) is 0 Å². The van der Waals surface area contributed by atoms with Crippen LogP contribution in [0.5, 0.6) is 11.5 Å². The first-order valence-electron chi connectivity index (χ1n) is 5.69. The van der Waals surface area contributed by atoms with E-state index in [0.29, 0.717) is 16.3 Å². The molecule has 0 amide bonds. The third kappa shape index (κ3) is 2.82. The predicted octanol–water partition coefficient (Wildman–Crippen LogP) is 4.57. The first-order chi connectivity index (χ1) is 8.72. The second kappa shape index (κ2) is 5.57. The lowest BCUT2D eigenvalue weighted by atomic mass is 10.2. The lowest BCUT2D eigenvalue weighted by Gasteiger charge is -2.08. The van der Waals surface area contributed by atoms with Gasteiger partial charge in [0.15, 0.2) is 0 Å². The van der Waals surface area contributed by atoms with Crippen molar-refractivity contribution in [3.8, 4) is 17.6 Å². The molecular formula is C15H12ClNO. The van der Waals surface area contributed by atoms with E-state index in [4.69, 9.17) is 21.6 Å². The van der Waals surface area contributed by atoms with E-state index in [2.05, 4.69) is 6.92 Å². The molecule has 3 heteroatoms. The van der Waals surface area contributed by atoms with Crippen LogP contribution in [0.15, 0.2) is 42.5 Å². The molecule has 2 rings (SSSR count). The summed E-state index contributed by atoms with van der Waals surface area (Å²) in [6.07, 6.45) is 0.998. The Bertz CT molecular complexity index is 584. The summed E-state index contributed by atoms with van der Waals surface area (Å²) in [6.45, 7) is 2.10. The van der Waals surface area contributed by atoms with Crippen molar-refractivity contribution < 1.29 is 4.74 Å². The number of aryl methyl sites for hydroxylation is 1. The molecule has 0 aromatic heterocycles. The highest BCUT2D eigenvalue weighted by Gasteiger charge is 2.04. The van der Waals surface area contributed by atoms with Gasteiger partial charge in [-0.3, -0.25) is 0 Å². The minimum Gasteiger partial charge on any atom is -0.456 e. The summed E-state index contributed by atoms with van der Waals surface area (Å²) in [5, 5.41) is 9.19. The highest BCUT2D eigenvalue weighted by molar-refractivity contribution is 6.32. The van der Waals surface area contributed by atoms with Crippen LogP contribution in [0, 0.1) is 11.3 Å². The van der Waals surface area contributed by atoms with Gasteiger partial charge in [-0.15, -0.1) is 0 Å². The first kappa shape index (κ1) is 12.5. The van der Waals surface area contributed by atoms with Crippen molar-refractivity contribution in [1.82, 2.24) is 0 Å². The zero-order chi connectivity index (χ0) is 13.0. The molecule has 0 atom stereocenters. The van der Waals surface area contributed by atoms with Crippen molar-refractivity contribution in [2.75, 3.05) is 0 Å². The quantitative estimate of drug-likeness (QED) is 0.807. The molecular weight excluding hydrogens is 246 g/mol. The smallest absolute Gasteiger partial charge is 0.146 e. The molecule has 0 N–H and O–H groups in total. The van der Waals surface area contributed by atoms with Crippen molar-refractivity contribution >= 4 is 11.6 Å². The van der Waals surface area contributed by atoms with Crippen molar-refractivity contribution in [2.24, 2.45) is 0 Å². The Labute approximate surface area is 111 Å². The number of nitriles is 1. The van der Waals surface area contributed by atoms with Crippen LogP contribution in [0.3, 0.4) is 0 Å². The lowest BCUT2D eigenvalue weighted by molar-refractivity contribution is 0.482. The average molecular weight is 258 g/mol. The molecule has 2 nitrogen and oxygen atoms in total. The van der Waals surface area contributed by atoms with Crippen LogP contribution in [0.1, 0.15) is 18.1 Å². The zero-order valence-corrected chi connectivity index (χ0v) is 10.7. The highest BCUT2D eigenvalue weighted by Crippen LogP contribution is 2.30. The van der Waals surface area contributed by atoms with Crippen LogP contribution in [0.4, 0.5) is 0 Å². The summed E-state index contributed by atoms with van der Waals surface area (Å²) >= 11 is 6.04. The zero-order valence-electron chi connectivity index (χ0n) is 9.98. The Kier molecular flexibility index (Phi) is 3.86. The molecule has 90 valence electrons. The molecule has 0 bridgehead atoms. The maximum absolute atomic E-state index is 8.75. The fourth-order valence-electron chi connectivity index (χ4n) is 1.57. The largest absolute Gasteiger partial charge is 0.456 e. The van der Waals surface area contributed by atoms with Crippen LogP contribution >= 0.6 is 11.6 Å². The molecule has 0 fully saturated rings. The first-order valence-corrected chi connectivity index (χ1v) is 6.07. The predicted molar refractivity (Wildman–Crippen MR) is 72.1 cm³/mol. The fraction of sp³-hybridized carbons (Fsp3) is 0.133. The summed E-state index contributed by atoms with van der Waals surface area (Å²) in [5.74, 6) is 1.29. The molecule has 0 spiro atoms. The van der Waals surface area contributed by atoms with Gasteiger partial charge in [-0.2, -0.15) is 5.26 Å². The summed E-state index contributed by atoms with van der Waals surface area (Å²) in [6, 6.07) is 14.9. The normalized spacial score (nSPS) is 9.83. The summed E-state index contributed by atoms with van der Waals surface area (Å²) < 4.78 is 5.67. The summed E-state index contributed by atoms with van der Waals surface area (Å²) in [7, 11) is 0. The molecule has 0 saturated heterocycles. The van der Waals surface area contributed by atoms with Gasteiger partial charge in [-0.05, 0) is 42.3 Å². The summed E-state index contributed by atoms with van der Waals surface area (Å²) in [5.41, 5.74) is 1.78. The molecule has 0 aliphatic carbocycles. The van der Waals surface area contributed by atoms with Gasteiger partial charge >= 0.3 is 0 Å². The molecule has 0 aliphatic rings. The fourth-order valence-corrected chi connectivity index (χ4v) is 1.79. The van der Waals surface area contributed by atoms with Crippen molar-refractivity contribution in [1.29, 1.82) is 5.26 Å².